The smallest absolute Gasteiger partial charge is 0.347 e. The van der Waals surface area contributed by atoms with Crippen LogP contribution in [0.15, 0.2) is 34.9 Å². The Morgan fingerprint density at radius 3 is 2.88 bits per heavy atom. The number of rotatable bonds is 3. The van der Waals surface area contributed by atoms with Crippen LogP contribution in [0, 0.1) is 0 Å². The van der Waals surface area contributed by atoms with Crippen molar-refractivity contribution < 1.29 is 9.90 Å². The zero-order chi connectivity index (χ0) is 12.3. The number of halogens is 1. The fourth-order valence-corrected chi connectivity index (χ4v) is 2.32. The van der Waals surface area contributed by atoms with Crippen LogP contribution in [-0.2, 0) is 0 Å². The summed E-state index contributed by atoms with van der Waals surface area (Å²) in [6.45, 7) is 0. The molecule has 0 unspecified atom stereocenters. The first-order valence-electron chi connectivity index (χ1n) is 4.78. The summed E-state index contributed by atoms with van der Waals surface area (Å²) >= 11 is 4.54. The van der Waals surface area contributed by atoms with Crippen LogP contribution in [-0.4, -0.2) is 16.1 Å². The lowest BCUT2D eigenvalue weighted by Crippen LogP contribution is -1.89. The van der Waals surface area contributed by atoms with Crippen molar-refractivity contribution >= 4 is 45.4 Å². The van der Waals surface area contributed by atoms with Gasteiger partial charge in [0.05, 0.1) is 6.20 Å². The van der Waals surface area contributed by atoms with Gasteiger partial charge in [-0.05, 0) is 23.8 Å². The fraction of sp³-hybridized carbons (Fsp3) is 0. The molecule has 0 atom stereocenters. The second-order valence-corrected chi connectivity index (χ2v) is 5.23. The molecule has 3 nitrogen and oxygen atoms in total. The Balaban J connectivity index is 2.17. The zero-order valence-electron chi connectivity index (χ0n) is 8.63. The van der Waals surface area contributed by atoms with Crippen molar-refractivity contribution in [3.8, 4) is 0 Å². The Bertz CT molecular complexity index is 577. The summed E-state index contributed by atoms with van der Waals surface area (Å²) in [7, 11) is 0. The van der Waals surface area contributed by atoms with Gasteiger partial charge < -0.3 is 5.11 Å². The predicted octanol–water partition coefficient (Wildman–Crippen LogP) is 3.77. The lowest BCUT2D eigenvalue weighted by atomic mass is 10.2. The molecule has 0 saturated heterocycles. The van der Waals surface area contributed by atoms with E-state index in [1.807, 2.05) is 30.3 Å². The number of carboxylic acids is 1. The third kappa shape index (κ3) is 3.25. The highest BCUT2D eigenvalue weighted by atomic mass is 79.9. The van der Waals surface area contributed by atoms with E-state index in [9.17, 15) is 4.79 Å². The van der Waals surface area contributed by atoms with Gasteiger partial charge in [0.15, 0.2) is 0 Å². The molecule has 0 aliphatic carbocycles. The minimum atomic E-state index is -0.940. The number of carbonyl (C=O) groups is 1. The molecule has 1 N–H and O–H groups in total. The van der Waals surface area contributed by atoms with Gasteiger partial charge in [0, 0.05) is 4.47 Å². The topological polar surface area (TPSA) is 50.2 Å². The van der Waals surface area contributed by atoms with Crippen LogP contribution in [0.2, 0.25) is 0 Å². The van der Waals surface area contributed by atoms with Gasteiger partial charge in [0.1, 0.15) is 9.88 Å². The first kappa shape index (κ1) is 12.0. The zero-order valence-corrected chi connectivity index (χ0v) is 11.0. The molecule has 0 radical (unpaired) electrons. The number of carboxylic acid groups (broad SMARTS) is 1. The SMILES string of the molecule is O=C(O)c1cnc(/C=C/c2cccc(Br)c2)s1. The number of hydrogen-bond acceptors (Lipinski definition) is 3. The summed E-state index contributed by atoms with van der Waals surface area (Å²) in [6, 6.07) is 7.83. The molecule has 0 saturated carbocycles. The van der Waals surface area contributed by atoms with Crippen molar-refractivity contribution in [3.05, 3.63) is 50.4 Å². The van der Waals surface area contributed by atoms with Crippen molar-refractivity contribution in [1.82, 2.24) is 4.98 Å². The lowest BCUT2D eigenvalue weighted by molar-refractivity contribution is 0.0702. The van der Waals surface area contributed by atoms with Crippen molar-refractivity contribution in [2.24, 2.45) is 0 Å². The Kier molecular flexibility index (Phi) is 3.71. The molecule has 1 heterocycles. The molecule has 1 aromatic heterocycles. The maximum atomic E-state index is 10.7. The van der Waals surface area contributed by atoms with Crippen molar-refractivity contribution in [3.63, 3.8) is 0 Å². The van der Waals surface area contributed by atoms with Crippen molar-refractivity contribution in [2.45, 2.75) is 0 Å². The average Bonchev–Trinajstić information content (AvgIpc) is 2.75. The molecule has 0 aliphatic rings. The normalized spacial score (nSPS) is 10.9. The third-order valence-electron chi connectivity index (χ3n) is 2.00. The Morgan fingerprint density at radius 2 is 2.24 bits per heavy atom. The number of aromatic nitrogens is 1. The van der Waals surface area contributed by atoms with Gasteiger partial charge in [-0.1, -0.05) is 34.1 Å². The van der Waals surface area contributed by atoms with Gasteiger partial charge in [0.2, 0.25) is 0 Å². The molecule has 2 aromatic rings. The van der Waals surface area contributed by atoms with Crippen LogP contribution in [0.5, 0.6) is 0 Å². The van der Waals surface area contributed by atoms with E-state index in [1.165, 1.54) is 6.20 Å². The monoisotopic (exact) mass is 309 g/mol. The molecule has 0 spiro atoms. The summed E-state index contributed by atoms with van der Waals surface area (Å²) in [4.78, 5) is 14.9. The molecule has 1 aromatic carbocycles. The van der Waals surface area contributed by atoms with Crippen LogP contribution >= 0.6 is 27.3 Å². The predicted molar refractivity (Wildman–Crippen MR) is 72.1 cm³/mol. The van der Waals surface area contributed by atoms with E-state index in [0.29, 0.717) is 5.01 Å². The third-order valence-corrected chi connectivity index (χ3v) is 3.45. The van der Waals surface area contributed by atoms with E-state index in [4.69, 9.17) is 5.11 Å². The van der Waals surface area contributed by atoms with Crippen LogP contribution < -0.4 is 0 Å². The average molecular weight is 310 g/mol. The van der Waals surface area contributed by atoms with Gasteiger partial charge in [-0.25, -0.2) is 9.78 Å². The molecule has 86 valence electrons. The van der Waals surface area contributed by atoms with Gasteiger partial charge in [0.25, 0.3) is 0 Å². The molecule has 5 heteroatoms. The molecule has 17 heavy (non-hydrogen) atoms. The van der Waals surface area contributed by atoms with E-state index in [-0.39, 0.29) is 4.88 Å². The molecular weight excluding hydrogens is 302 g/mol. The number of aromatic carboxylic acids is 1. The van der Waals surface area contributed by atoms with E-state index in [1.54, 1.807) is 6.08 Å². The second kappa shape index (κ2) is 5.25. The van der Waals surface area contributed by atoms with E-state index < -0.39 is 5.97 Å². The number of hydrogen-bond donors (Lipinski definition) is 1. The second-order valence-electron chi connectivity index (χ2n) is 3.26. The van der Waals surface area contributed by atoms with Crippen molar-refractivity contribution in [1.29, 1.82) is 0 Å². The summed E-state index contributed by atoms with van der Waals surface area (Å²) in [5.74, 6) is -0.940. The summed E-state index contributed by atoms with van der Waals surface area (Å²) in [6.07, 6.45) is 5.07. The van der Waals surface area contributed by atoms with E-state index >= 15 is 0 Å². The standard InChI is InChI=1S/C12H8BrNO2S/c13-9-3-1-2-8(6-9)4-5-11-14-7-10(17-11)12(15)16/h1-7H,(H,15,16)/b5-4+. The quantitative estimate of drug-likeness (QED) is 0.938. The molecule has 0 fully saturated rings. The number of thiazole rings is 1. The molecule has 0 bridgehead atoms. The van der Waals surface area contributed by atoms with Crippen LogP contribution in [0.4, 0.5) is 0 Å². The Labute approximate surface area is 111 Å². The first-order chi connectivity index (χ1) is 8.15. The van der Waals surface area contributed by atoms with Gasteiger partial charge in [-0.15, -0.1) is 11.3 Å². The lowest BCUT2D eigenvalue weighted by Gasteiger charge is -1.93. The first-order valence-corrected chi connectivity index (χ1v) is 6.39. The van der Waals surface area contributed by atoms with Gasteiger partial charge in [-0.3, -0.25) is 0 Å². The molecule has 0 aliphatic heterocycles. The summed E-state index contributed by atoms with van der Waals surface area (Å²) in [5, 5.41) is 9.44. The molecule has 2 rings (SSSR count). The van der Waals surface area contributed by atoms with Gasteiger partial charge >= 0.3 is 5.97 Å². The highest BCUT2D eigenvalue weighted by Crippen LogP contribution is 2.17. The van der Waals surface area contributed by atoms with Crippen LogP contribution in [0.25, 0.3) is 12.2 Å². The minimum absolute atomic E-state index is 0.249. The van der Waals surface area contributed by atoms with Crippen LogP contribution in [0.3, 0.4) is 0 Å². The highest BCUT2D eigenvalue weighted by molar-refractivity contribution is 9.10. The number of nitrogens with zero attached hydrogens (tertiary/aromatic N) is 1. The maximum absolute atomic E-state index is 10.7. The Morgan fingerprint density at radius 1 is 1.41 bits per heavy atom. The van der Waals surface area contributed by atoms with E-state index in [0.717, 1.165) is 21.4 Å². The van der Waals surface area contributed by atoms with Gasteiger partial charge in [-0.2, -0.15) is 0 Å². The number of benzene rings is 1. The molecule has 0 amide bonds. The van der Waals surface area contributed by atoms with E-state index in [2.05, 4.69) is 20.9 Å². The molecular formula is C12H8BrNO2S. The largest absolute Gasteiger partial charge is 0.477 e. The minimum Gasteiger partial charge on any atom is -0.477 e. The Hall–Kier alpha value is -1.46. The summed E-state index contributed by atoms with van der Waals surface area (Å²) in [5.41, 5.74) is 1.03. The fourth-order valence-electron chi connectivity index (χ4n) is 1.24. The van der Waals surface area contributed by atoms with Crippen molar-refractivity contribution in [2.75, 3.05) is 0 Å². The van der Waals surface area contributed by atoms with Crippen LogP contribution in [0.1, 0.15) is 20.2 Å². The highest BCUT2D eigenvalue weighted by Gasteiger charge is 2.05. The summed E-state index contributed by atoms with van der Waals surface area (Å²) < 4.78 is 1.00. The maximum Gasteiger partial charge on any atom is 0.347 e.